The van der Waals surface area contributed by atoms with Crippen LogP contribution in [0.3, 0.4) is 0 Å². The third-order valence-corrected chi connectivity index (χ3v) is 2.84. The van der Waals surface area contributed by atoms with Gasteiger partial charge in [-0.05, 0) is 6.92 Å². The van der Waals surface area contributed by atoms with E-state index in [9.17, 15) is 0 Å². The molecule has 2 aromatic rings. The summed E-state index contributed by atoms with van der Waals surface area (Å²) in [6.45, 7) is 3.41. The summed E-state index contributed by atoms with van der Waals surface area (Å²) in [5.74, 6) is 2.48. The molecule has 0 aliphatic carbocycles. The van der Waals surface area contributed by atoms with Crippen LogP contribution in [0.1, 0.15) is 24.3 Å². The summed E-state index contributed by atoms with van der Waals surface area (Å²) in [6.07, 6.45) is 4.48. The van der Waals surface area contributed by atoms with E-state index in [0.29, 0.717) is 18.9 Å². The maximum absolute atomic E-state index is 5.09. The van der Waals surface area contributed by atoms with E-state index < -0.39 is 0 Å². The Morgan fingerprint density at radius 2 is 2.21 bits per heavy atom. The van der Waals surface area contributed by atoms with Gasteiger partial charge in [-0.1, -0.05) is 0 Å². The van der Waals surface area contributed by atoms with Crippen molar-refractivity contribution in [2.45, 2.75) is 26.5 Å². The second-order valence-corrected chi connectivity index (χ2v) is 4.15. The highest BCUT2D eigenvalue weighted by Crippen LogP contribution is 2.11. The van der Waals surface area contributed by atoms with E-state index in [2.05, 4.69) is 31.8 Å². The lowest BCUT2D eigenvalue weighted by Crippen LogP contribution is -2.08. The van der Waals surface area contributed by atoms with Crippen molar-refractivity contribution in [1.29, 1.82) is 0 Å². The van der Waals surface area contributed by atoms with Crippen molar-refractivity contribution in [2.24, 2.45) is 0 Å². The molecular weight excluding hydrogens is 242 g/mol. The quantitative estimate of drug-likeness (QED) is 0.853. The smallest absolute Gasteiger partial charge is 0.156 e. The molecule has 6 nitrogen and oxygen atoms in total. The summed E-state index contributed by atoms with van der Waals surface area (Å²) in [6, 6.07) is 1.94. The van der Waals surface area contributed by atoms with Gasteiger partial charge in [-0.25, -0.2) is 15.0 Å². The first-order chi connectivity index (χ1) is 9.26. The lowest BCUT2D eigenvalue weighted by molar-refractivity contribution is 0.177. The SMILES string of the molecule is CCn1ccnc1Cc1cc(NC)nc(COC)n1. The Morgan fingerprint density at radius 1 is 1.37 bits per heavy atom. The number of ether oxygens (including phenoxy) is 1. The second kappa shape index (κ2) is 6.29. The van der Waals surface area contributed by atoms with E-state index in [-0.39, 0.29) is 0 Å². The number of anilines is 1. The summed E-state index contributed by atoms with van der Waals surface area (Å²) < 4.78 is 7.20. The molecule has 0 saturated heterocycles. The molecule has 19 heavy (non-hydrogen) atoms. The molecule has 0 atom stereocenters. The van der Waals surface area contributed by atoms with Gasteiger partial charge in [0.25, 0.3) is 0 Å². The first-order valence-electron chi connectivity index (χ1n) is 6.30. The molecule has 0 aliphatic rings. The number of nitrogens with one attached hydrogen (secondary N) is 1. The Balaban J connectivity index is 2.26. The van der Waals surface area contributed by atoms with Crippen LogP contribution in [0.2, 0.25) is 0 Å². The Kier molecular flexibility index (Phi) is 4.46. The molecule has 0 spiro atoms. The molecule has 2 aromatic heterocycles. The van der Waals surface area contributed by atoms with Gasteiger partial charge in [0.15, 0.2) is 5.82 Å². The topological polar surface area (TPSA) is 64.9 Å². The molecule has 0 bridgehead atoms. The Morgan fingerprint density at radius 3 is 2.89 bits per heavy atom. The van der Waals surface area contributed by atoms with Gasteiger partial charge < -0.3 is 14.6 Å². The Bertz CT molecular complexity index is 538. The number of hydrogen-bond donors (Lipinski definition) is 1. The number of rotatable bonds is 6. The van der Waals surface area contributed by atoms with Crippen LogP contribution in [0.25, 0.3) is 0 Å². The summed E-state index contributed by atoms with van der Waals surface area (Å²) >= 11 is 0. The third kappa shape index (κ3) is 3.29. The minimum Gasteiger partial charge on any atom is -0.377 e. The fraction of sp³-hybridized carbons (Fsp3) is 0.462. The molecule has 0 fully saturated rings. The van der Waals surface area contributed by atoms with E-state index in [4.69, 9.17) is 4.74 Å². The predicted octanol–water partition coefficient (Wildman–Crippen LogP) is 1.47. The minimum absolute atomic E-state index is 0.407. The van der Waals surface area contributed by atoms with Crippen LogP contribution >= 0.6 is 0 Å². The fourth-order valence-electron chi connectivity index (χ4n) is 1.92. The number of methoxy groups -OCH3 is 1. The van der Waals surface area contributed by atoms with Crippen molar-refractivity contribution < 1.29 is 4.74 Å². The van der Waals surface area contributed by atoms with Crippen LogP contribution in [-0.4, -0.2) is 33.7 Å². The van der Waals surface area contributed by atoms with Crippen molar-refractivity contribution >= 4 is 5.82 Å². The number of aryl methyl sites for hydroxylation is 1. The van der Waals surface area contributed by atoms with E-state index in [1.807, 2.05) is 25.5 Å². The standard InChI is InChI=1S/C13H19N5O/c1-4-18-6-5-15-13(18)8-10-7-11(14-2)17-12(16-10)9-19-3/h5-7H,4,8-9H2,1-3H3,(H,14,16,17). The molecule has 1 N–H and O–H groups in total. The van der Waals surface area contributed by atoms with Crippen molar-refractivity contribution in [1.82, 2.24) is 19.5 Å². The molecule has 0 amide bonds. The minimum atomic E-state index is 0.407. The molecule has 0 saturated carbocycles. The van der Waals surface area contributed by atoms with Crippen LogP contribution < -0.4 is 5.32 Å². The number of aromatic nitrogens is 4. The lowest BCUT2D eigenvalue weighted by atomic mass is 10.2. The summed E-state index contributed by atoms with van der Waals surface area (Å²) in [5, 5.41) is 3.04. The largest absolute Gasteiger partial charge is 0.377 e. The highest BCUT2D eigenvalue weighted by Gasteiger charge is 2.08. The van der Waals surface area contributed by atoms with E-state index in [1.54, 1.807) is 7.11 Å². The molecule has 0 unspecified atom stereocenters. The molecule has 2 heterocycles. The molecule has 2 rings (SSSR count). The zero-order chi connectivity index (χ0) is 13.7. The first kappa shape index (κ1) is 13.5. The third-order valence-electron chi connectivity index (χ3n) is 2.84. The molecule has 0 aliphatic heterocycles. The summed E-state index contributed by atoms with van der Waals surface area (Å²) in [7, 11) is 3.48. The van der Waals surface area contributed by atoms with Gasteiger partial charge in [0, 0.05) is 45.6 Å². The van der Waals surface area contributed by atoms with Gasteiger partial charge in [-0.2, -0.15) is 0 Å². The normalized spacial score (nSPS) is 10.7. The summed E-state index contributed by atoms with van der Waals surface area (Å²) in [5.41, 5.74) is 0.937. The highest BCUT2D eigenvalue weighted by atomic mass is 16.5. The zero-order valence-electron chi connectivity index (χ0n) is 11.6. The molecule has 102 valence electrons. The highest BCUT2D eigenvalue weighted by molar-refractivity contribution is 5.36. The van der Waals surface area contributed by atoms with Gasteiger partial charge in [0.2, 0.25) is 0 Å². The number of nitrogens with zero attached hydrogens (tertiary/aromatic N) is 4. The number of imidazole rings is 1. The second-order valence-electron chi connectivity index (χ2n) is 4.15. The van der Waals surface area contributed by atoms with Crippen LogP contribution in [-0.2, 0) is 24.3 Å². The molecule has 6 heteroatoms. The predicted molar refractivity (Wildman–Crippen MR) is 73.0 cm³/mol. The molecular formula is C13H19N5O. The van der Waals surface area contributed by atoms with Gasteiger partial charge in [0.1, 0.15) is 18.2 Å². The zero-order valence-corrected chi connectivity index (χ0v) is 11.6. The summed E-state index contributed by atoms with van der Waals surface area (Å²) in [4.78, 5) is 13.2. The average molecular weight is 261 g/mol. The van der Waals surface area contributed by atoms with Crippen LogP contribution in [0, 0.1) is 0 Å². The lowest BCUT2D eigenvalue weighted by Gasteiger charge is -2.08. The van der Waals surface area contributed by atoms with Gasteiger partial charge in [-0.3, -0.25) is 0 Å². The average Bonchev–Trinajstić information content (AvgIpc) is 2.86. The van der Waals surface area contributed by atoms with E-state index in [1.165, 1.54) is 0 Å². The van der Waals surface area contributed by atoms with Gasteiger partial charge in [0.05, 0.1) is 5.69 Å². The van der Waals surface area contributed by atoms with Crippen molar-refractivity contribution in [3.63, 3.8) is 0 Å². The van der Waals surface area contributed by atoms with Crippen LogP contribution in [0.4, 0.5) is 5.82 Å². The van der Waals surface area contributed by atoms with E-state index >= 15 is 0 Å². The van der Waals surface area contributed by atoms with Crippen LogP contribution in [0.5, 0.6) is 0 Å². The van der Waals surface area contributed by atoms with Crippen molar-refractivity contribution in [3.05, 3.63) is 35.8 Å². The fourth-order valence-corrected chi connectivity index (χ4v) is 1.92. The van der Waals surface area contributed by atoms with Crippen molar-refractivity contribution in [3.8, 4) is 0 Å². The van der Waals surface area contributed by atoms with Crippen molar-refractivity contribution in [2.75, 3.05) is 19.5 Å². The Labute approximate surface area is 112 Å². The van der Waals surface area contributed by atoms with Gasteiger partial charge in [-0.15, -0.1) is 0 Å². The van der Waals surface area contributed by atoms with E-state index in [0.717, 1.165) is 23.9 Å². The monoisotopic (exact) mass is 261 g/mol. The maximum Gasteiger partial charge on any atom is 0.156 e. The van der Waals surface area contributed by atoms with Gasteiger partial charge >= 0.3 is 0 Å². The molecule has 0 radical (unpaired) electrons. The van der Waals surface area contributed by atoms with Crippen LogP contribution in [0.15, 0.2) is 18.5 Å². The maximum atomic E-state index is 5.09. The number of hydrogen-bond acceptors (Lipinski definition) is 5. The first-order valence-corrected chi connectivity index (χ1v) is 6.30. The molecule has 0 aromatic carbocycles. The Hall–Kier alpha value is -1.95.